The van der Waals surface area contributed by atoms with E-state index in [1.807, 2.05) is 6.20 Å². The van der Waals surface area contributed by atoms with E-state index in [1.54, 1.807) is 0 Å². The first kappa shape index (κ1) is 11.8. The highest BCUT2D eigenvalue weighted by Crippen LogP contribution is 2.27. The highest BCUT2D eigenvalue weighted by Gasteiger charge is 2.20. The van der Waals surface area contributed by atoms with Gasteiger partial charge in [-0.1, -0.05) is 31.0 Å². The topological polar surface area (TPSA) is 27.8 Å². The molecule has 2 heteroatoms. The van der Waals surface area contributed by atoms with Crippen LogP contribution in [0.1, 0.15) is 38.2 Å². The van der Waals surface area contributed by atoms with Crippen molar-refractivity contribution in [2.24, 2.45) is 5.92 Å². The Morgan fingerprint density at radius 2 is 2.11 bits per heavy atom. The standard InChI is InChI=1S/C16H22N2/c1-12(13-5-2-3-6-13)18-11-15-8-4-7-14-9-10-17-16(14)15/h4,7-10,12-13,17-18H,2-3,5-6,11H2,1H3. The Morgan fingerprint density at radius 3 is 2.94 bits per heavy atom. The second-order valence-electron chi connectivity index (χ2n) is 5.57. The number of benzene rings is 1. The van der Waals surface area contributed by atoms with Crippen molar-refractivity contribution in [1.29, 1.82) is 0 Å². The lowest BCUT2D eigenvalue weighted by Crippen LogP contribution is -2.31. The van der Waals surface area contributed by atoms with E-state index in [-0.39, 0.29) is 0 Å². The smallest absolute Gasteiger partial charge is 0.0499 e. The number of H-pyrrole nitrogens is 1. The number of fused-ring (bicyclic) bond motifs is 1. The molecule has 0 bridgehead atoms. The molecule has 18 heavy (non-hydrogen) atoms. The van der Waals surface area contributed by atoms with E-state index < -0.39 is 0 Å². The average Bonchev–Trinajstić information content (AvgIpc) is 3.05. The van der Waals surface area contributed by atoms with Crippen molar-refractivity contribution >= 4 is 10.9 Å². The van der Waals surface area contributed by atoms with Crippen molar-refractivity contribution in [1.82, 2.24) is 10.3 Å². The first-order valence-corrected chi connectivity index (χ1v) is 7.13. The van der Waals surface area contributed by atoms with Crippen molar-refractivity contribution in [3.8, 4) is 0 Å². The summed E-state index contributed by atoms with van der Waals surface area (Å²) >= 11 is 0. The Kier molecular flexibility index (Phi) is 3.37. The van der Waals surface area contributed by atoms with Crippen LogP contribution in [0.4, 0.5) is 0 Å². The van der Waals surface area contributed by atoms with Crippen molar-refractivity contribution in [3.63, 3.8) is 0 Å². The minimum atomic E-state index is 0.637. The van der Waals surface area contributed by atoms with Gasteiger partial charge in [-0.25, -0.2) is 0 Å². The van der Waals surface area contributed by atoms with Crippen LogP contribution >= 0.6 is 0 Å². The molecule has 96 valence electrons. The van der Waals surface area contributed by atoms with Gasteiger partial charge in [0.25, 0.3) is 0 Å². The molecule has 0 aliphatic heterocycles. The summed E-state index contributed by atoms with van der Waals surface area (Å²) in [5.41, 5.74) is 2.66. The summed E-state index contributed by atoms with van der Waals surface area (Å²) in [6.45, 7) is 3.31. The number of aromatic amines is 1. The van der Waals surface area contributed by atoms with Gasteiger partial charge in [-0.05, 0) is 42.7 Å². The fourth-order valence-corrected chi connectivity index (χ4v) is 3.19. The summed E-state index contributed by atoms with van der Waals surface area (Å²) in [4.78, 5) is 3.34. The van der Waals surface area contributed by atoms with Gasteiger partial charge in [0.15, 0.2) is 0 Å². The zero-order chi connectivity index (χ0) is 12.4. The minimum Gasteiger partial charge on any atom is -0.361 e. The van der Waals surface area contributed by atoms with Crippen LogP contribution in [0.25, 0.3) is 10.9 Å². The maximum atomic E-state index is 3.70. The summed E-state index contributed by atoms with van der Waals surface area (Å²) in [6, 6.07) is 9.30. The van der Waals surface area contributed by atoms with Crippen molar-refractivity contribution in [2.75, 3.05) is 0 Å². The molecule has 2 nitrogen and oxygen atoms in total. The Bertz CT molecular complexity index is 509. The molecule has 0 spiro atoms. The number of nitrogens with one attached hydrogen (secondary N) is 2. The van der Waals surface area contributed by atoms with Gasteiger partial charge >= 0.3 is 0 Å². The molecule has 2 N–H and O–H groups in total. The molecule has 0 radical (unpaired) electrons. The molecule has 1 atom stereocenters. The van der Waals surface area contributed by atoms with E-state index in [0.717, 1.165) is 12.5 Å². The van der Waals surface area contributed by atoms with Crippen LogP contribution in [0.3, 0.4) is 0 Å². The second-order valence-corrected chi connectivity index (χ2v) is 5.57. The molecule has 1 aliphatic carbocycles. The largest absolute Gasteiger partial charge is 0.361 e. The fraction of sp³-hybridized carbons (Fsp3) is 0.500. The van der Waals surface area contributed by atoms with Crippen molar-refractivity contribution in [2.45, 2.75) is 45.2 Å². The highest BCUT2D eigenvalue weighted by molar-refractivity contribution is 5.82. The summed E-state index contributed by atoms with van der Waals surface area (Å²) < 4.78 is 0. The lowest BCUT2D eigenvalue weighted by molar-refractivity contribution is 0.381. The van der Waals surface area contributed by atoms with Crippen LogP contribution < -0.4 is 5.32 Å². The summed E-state index contributed by atoms with van der Waals surface area (Å²) in [6.07, 6.45) is 7.67. The van der Waals surface area contributed by atoms with E-state index >= 15 is 0 Å². The Labute approximate surface area is 109 Å². The van der Waals surface area contributed by atoms with Gasteiger partial charge in [0.1, 0.15) is 0 Å². The Morgan fingerprint density at radius 1 is 1.28 bits per heavy atom. The summed E-state index contributed by atoms with van der Waals surface area (Å²) in [5, 5.41) is 5.01. The van der Waals surface area contributed by atoms with E-state index in [2.05, 4.69) is 41.5 Å². The third-order valence-corrected chi connectivity index (χ3v) is 4.39. The number of para-hydroxylation sites is 1. The van der Waals surface area contributed by atoms with Crippen LogP contribution in [-0.4, -0.2) is 11.0 Å². The fourth-order valence-electron chi connectivity index (χ4n) is 3.19. The summed E-state index contributed by atoms with van der Waals surface area (Å²) in [5.74, 6) is 0.882. The molecule has 1 heterocycles. The molecule has 1 fully saturated rings. The van der Waals surface area contributed by atoms with Crippen LogP contribution in [0.5, 0.6) is 0 Å². The molecule has 1 aromatic heterocycles. The van der Waals surface area contributed by atoms with Gasteiger partial charge in [-0.3, -0.25) is 0 Å². The monoisotopic (exact) mass is 242 g/mol. The van der Waals surface area contributed by atoms with Gasteiger partial charge in [-0.15, -0.1) is 0 Å². The third-order valence-electron chi connectivity index (χ3n) is 4.39. The molecular formula is C16H22N2. The average molecular weight is 242 g/mol. The lowest BCUT2D eigenvalue weighted by Gasteiger charge is -2.20. The Balaban J connectivity index is 1.67. The maximum Gasteiger partial charge on any atom is 0.0499 e. The first-order valence-electron chi connectivity index (χ1n) is 7.13. The number of rotatable bonds is 4. The van der Waals surface area contributed by atoms with Crippen LogP contribution in [0, 0.1) is 5.92 Å². The molecule has 2 aromatic rings. The van der Waals surface area contributed by atoms with Gasteiger partial charge in [0.05, 0.1) is 0 Å². The van der Waals surface area contributed by atoms with Gasteiger partial charge in [0, 0.05) is 24.3 Å². The summed E-state index contributed by atoms with van der Waals surface area (Å²) in [7, 11) is 0. The van der Waals surface area contributed by atoms with Crippen LogP contribution in [0.15, 0.2) is 30.5 Å². The first-order chi connectivity index (χ1) is 8.84. The maximum absolute atomic E-state index is 3.70. The van der Waals surface area contributed by atoms with Crippen LogP contribution in [-0.2, 0) is 6.54 Å². The van der Waals surface area contributed by atoms with E-state index in [0.29, 0.717) is 6.04 Å². The zero-order valence-corrected chi connectivity index (χ0v) is 11.1. The quantitative estimate of drug-likeness (QED) is 0.837. The van der Waals surface area contributed by atoms with Gasteiger partial charge in [-0.2, -0.15) is 0 Å². The Hall–Kier alpha value is -1.28. The molecule has 1 saturated carbocycles. The number of hydrogen-bond acceptors (Lipinski definition) is 1. The minimum absolute atomic E-state index is 0.637. The van der Waals surface area contributed by atoms with E-state index in [9.17, 15) is 0 Å². The normalized spacial score (nSPS) is 18.5. The number of hydrogen-bond donors (Lipinski definition) is 2. The van der Waals surface area contributed by atoms with Gasteiger partial charge in [0.2, 0.25) is 0 Å². The van der Waals surface area contributed by atoms with Crippen molar-refractivity contribution < 1.29 is 0 Å². The van der Waals surface area contributed by atoms with Crippen LogP contribution in [0.2, 0.25) is 0 Å². The molecule has 1 aliphatic rings. The molecule has 0 saturated heterocycles. The predicted octanol–water partition coefficient (Wildman–Crippen LogP) is 3.84. The van der Waals surface area contributed by atoms with Gasteiger partial charge < -0.3 is 10.3 Å². The molecule has 0 amide bonds. The molecular weight excluding hydrogens is 220 g/mol. The predicted molar refractivity (Wildman–Crippen MR) is 76.6 cm³/mol. The molecule has 1 aromatic carbocycles. The zero-order valence-electron chi connectivity index (χ0n) is 11.1. The van der Waals surface area contributed by atoms with E-state index in [4.69, 9.17) is 0 Å². The second kappa shape index (κ2) is 5.15. The highest BCUT2D eigenvalue weighted by atomic mass is 14.9. The molecule has 1 unspecified atom stereocenters. The van der Waals surface area contributed by atoms with E-state index in [1.165, 1.54) is 42.1 Å². The SMILES string of the molecule is CC(NCc1cccc2cc[nH]c12)C1CCCC1. The molecule has 3 rings (SSSR count). The third kappa shape index (κ3) is 2.30. The van der Waals surface area contributed by atoms with Crippen molar-refractivity contribution in [3.05, 3.63) is 36.0 Å². The number of aromatic nitrogens is 1. The lowest BCUT2D eigenvalue weighted by atomic mass is 9.99.